The van der Waals surface area contributed by atoms with Crippen LogP contribution in [0.3, 0.4) is 0 Å². The molecule has 19 heavy (non-hydrogen) atoms. The van der Waals surface area contributed by atoms with E-state index >= 15 is 0 Å². The quantitative estimate of drug-likeness (QED) is 0.598. The van der Waals surface area contributed by atoms with Crippen LogP contribution in [0.2, 0.25) is 0 Å². The maximum atomic E-state index is 4.11. The first-order valence-electron chi connectivity index (χ1n) is 6.53. The summed E-state index contributed by atoms with van der Waals surface area (Å²) < 4.78 is 0. The molecule has 0 radical (unpaired) electrons. The van der Waals surface area contributed by atoms with E-state index in [1.807, 2.05) is 19.1 Å². The Labute approximate surface area is 113 Å². The Kier molecular flexibility index (Phi) is 2.75. The Balaban J connectivity index is 2.30. The summed E-state index contributed by atoms with van der Waals surface area (Å²) in [4.78, 5) is 3.50. The summed E-state index contributed by atoms with van der Waals surface area (Å²) in [7, 11) is 0. The molecule has 0 bridgehead atoms. The second-order valence-electron chi connectivity index (χ2n) is 4.91. The molecule has 0 unspecified atom stereocenters. The number of H-pyrrole nitrogens is 1. The minimum Gasteiger partial charge on any atom is -0.354 e. The highest BCUT2D eigenvalue weighted by atomic mass is 14.7. The molecule has 0 aliphatic rings. The molecule has 3 rings (SSSR count). The fraction of sp³-hybridized carbons (Fsp3) is 0.111. The summed E-state index contributed by atoms with van der Waals surface area (Å²) in [5.74, 6) is 0. The molecule has 0 saturated carbocycles. The Morgan fingerprint density at radius 1 is 1.16 bits per heavy atom. The fourth-order valence-electron chi connectivity index (χ4n) is 2.57. The number of allylic oxidation sites excluding steroid dienone is 3. The topological polar surface area (TPSA) is 15.8 Å². The molecule has 1 N–H and O–H groups in total. The monoisotopic (exact) mass is 247 g/mol. The van der Waals surface area contributed by atoms with E-state index < -0.39 is 0 Å². The van der Waals surface area contributed by atoms with Gasteiger partial charge in [0.1, 0.15) is 0 Å². The van der Waals surface area contributed by atoms with Gasteiger partial charge in [-0.15, -0.1) is 0 Å². The third-order valence-corrected chi connectivity index (χ3v) is 3.58. The van der Waals surface area contributed by atoms with Crippen molar-refractivity contribution in [3.05, 3.63) is 66.3 Å². The van der Waals surface area contributed by atoms with Gasteiger partial charge in [0.25, 0.3) is 0 Å². The predicted molar refractivity (Wildman–Crippen MR) is 84.4 cm³/mol. The van der Waals surface area contributed by atoms with Crippen molar-refractivity contribution in [2.75, 3.05) is 0 Å². The van der Waals surface area contributed by atoms with E-state index in [2.05, 4.69) is 54.9 Å². The highest BCUT2D eigenvalue weighted by molar-refractivity contribution is 6.09. The molecule has 0 fully saturated rings. The van der Waals surface area contributed by atoms with Crippen LogP contribution in [0.25, 0.3) is 27.4 Å². The largest absolute Gasteiger partial charge is 0.354 e. The van der Waals surface area contributed by atoms with E-state index in [0.717, 1.165) is 5.57 Å². The summed E-state index contributed by atoms with van der Waals surface area (Å²) in [5.41, 5.74) is 5.91. The Morgan fingerprint density at radius 3 is 2.79 bits per heavy atom. The first-order chi connectivity index (χ1) is 9.20. The van der Waals surface area contributed by atoms with Crippen molar-refractivity contribution in [1.29, 1.82) is 0 Å². The number of aromatic nitrogens is 1. The van der Waals surface area contributed by atoms with Gasteiger partial charge in [0.05, 0.1) is 0 Å². The maximum absolute atomic E-state index is 4.11. The van der Waals surface area contributed by atoms with Crippen LogP contribution < -0.4 is 0 Å². The number of nitrogens with one attached hydrogen (secondary N) is 1. The summed E-state index contributed by atoms with van der Waals surface area (Å²) >= 11 is 0. The van der Waals surface area contributed by atoms with Crippen LogP contribution >= 0.6 is 0 Å². The van der Waals surface area contributed by atoms with Crippen LogP contribution in [0.15, 0.2) is 55.1 Å². The average molecular weight is 247 g/mol. The van der Waals surface area contributed by atoms with Crippen molar-refractivity contribution in [2.45, 2.75) is 13.8 Å². The summed E-state index contributed by atoms with van der Waals surface area (Å²) in [6.07, 6.45) is 4.06. The van der Waals surface area contributed by atoms with Gasteiger partial charge in [-0.05, 0) is 42.7 Å². The molecule has 0 atom stereocenters. The van der Waals surface area contributed by atoms with Crippen molar-refractivity contribution in [1.82, 2.24) is 4.98 Å². The standard InChI is InChI=1S/C18H17N/c1-4-6-12(2)14-9-10-17-16(11-14)15-8-5-7-13(3)18(15)19-17/h4-11,19H,2H2,1,3H3/b6-4-. The molecule has 0 spiro atoms. The molecule has 1 heterocycles. The number of aryl methyl sites for hydroxylation is 1. The first-order valence-corrected chi connectivity index (χ1v) is 6.53. The van der Waals surface area contributed by atoms with Crippen molar-refractivity contribution in [3.63, 3.8) is 0 Å². The van der Waals surface area contributed by atoms with Gasteiger partial charge in [0.15, 0.2) is 0 Å². The maximum Gasteiger partial charge on any atom is 0.0494 e. The third-order valence-electron chi connectivity index (χ3n) is 3.58. The van der Waals surface area contributed by atoms with Crippen molar-refractivity contribution in [3.8, 4) is 0 Å². The van der Waals surface area contributed by atoms with Crippen molar-refractivity contribution in [2.24, 2.45) is 0 Å². The predicted octanol–water partition coefficient (Wildman–Crippen LogP) is 5.22. The zero-order valence-electron chi connectivity index (χ0n) is 11.3. The van der Waals surface area contributed by atoms with Crippen LogP contribution in [0.1, 0.15) is 18.1 Å². The zero-order valence-corrected chi connectivity index (χ0v) is 11.3. The van der Waals surface area contributed by atoms with Crippen molar-refractivity contribution >= 4 is 27.4 Å². The van der Waals surface area contributed by atoms with E-state index in [0.29, 0.717) is 0 Å². The van der Waals surface area contributed by atoms with Crippen LogP contribution in [0, 0.1) is 6.92 Å². The second kappa shape index (κ2) is 4.43. The number of hydrogen-bond acceptors (Lipinski definition) is 0. The van der Waals surface area contributed by atoms with E-state index in [1.54, 1.807) is 0 Å². The third kappa shape index (κ3) is 1.88. The average Bonchev–Trinajstić information content (AvgIpc) is 2.78. The van der Waals surface area contributed by atoms with Crippen LogP contribution in [-0.2, 0) is 0 Å². The summed E-state index contributed by atoms with van der Waals surface area (Å²) in [6.45, 7) is 8.26. The zero-order chi connectivity index (χ0) is 13.4. The lowest BCUT2D eigenvalue weighted by atomic mass is 10.0. The molecule has 1 heteroatoms. The van der Waals surface area contributed by atoms with E-state index in [-0.39, 0.29) is 0 Å². The Bertz CT molecular complexity index is 803. The fourth-order valence-corrected chi connectivity index (χ4v) is 2.57. The Morgan fingerprint density at radius 2 is 2.00 bits per heavy atom. The highest BCUT2D eigenvalue weighted by Crippen LogP contribution is 2.29. The highest BCUT2D eigenvalue weighted by Gasteiger charge is 2.07. The molecule has 1 aromatic heterocycles. The van der Waals surface area contributed by atoms with Crippen LogP contribution in [0.4, 0.5) is 0 Å². The minimum absolute atomic E-state index is 1.05. The molecule has 0 aliphatic heterocycles. The lowest BCUT2D eigenvalue weighted by Crippen LogP contribution is -1.78. The van der Waals surface area contributed by atoms with Gasteiger partial charge in [0, 0.05) is 21.8 Å². The smallest absolute Gasteiger partial charge is 0.0494 e. The second-order valence-corrected chi connectivity index (χ2v) is 4.91. The number of benzene rings is 2. The van der Waals surface area contributed by atoms with Gasteiger partial charge < -0.3 is 4.98 Å². The molecule has 0 amide bonds. The number of rotatable bonds is 2. The first kappa shape index (κ1) is 11.8. The summed E-state index contributed by atoms with van der Waals surface area (Å²) in [6, 6.07) is 12.9. The summed E-state index contributed by atoms with van der Waals surface area (Å²) in [5, 5.41) is 2.55. The molecule has 1 nitrogen and oxygen atoms in total. The van der Waals surface area contributed by atoms with Gasteiger partial charge in [0.2, 0.25) is 0 Å². The number of aromatic amines is 1. The van der Waals surface area contributed by atoms with Crippen molar-refractivity contribution < 1.29 is 0 Å². The van der Waals surface area contributed by atoms with Crippen LogP contribution in [-0.4, -0.2) is 4.98 Å². The molecule has 3 aromatic rings. The SMILES string of the molecule is C=C(/C=C\C)c1ccc2[nH]c3c(C)cccc3c2c1. The van der Waals surface area contributed by atoms with E-state index in [4.69, 9.17) is 0 Å². The van der Waals surface area contributed by atoms with E-state index in [1.165, 1.54) is 32.9 Å². The molecule has 2 aromatic carbocycles. The van der Waals surface area contributed by atoms with Crippen LogP contribution in [0.5, 0.6) is 0 Å². The van der Waals surface area contributed by atoms with E-state index in [9.17, 15) is 0 Å². The number of para-hydroxylation sites is 1. The van der Waals surface area contributed by atoms with Gasteiger partial charge in [-0.25, -0.2) is 0 Å². The van der Waals surface area contributed by atoms with Gasteiger partial charge >= 0.3 is 0 Å². The molecule has 0 saturated heterocycles. The number of fused-ring (bicyclic) bond motifs is 3. The molecular weight excluding hydrogens is 230 g/mol. The number of hydrogen-bond donors (Lipinski definition) is 1. The molecule has 94 valence electrons. The van der Waals surface area contributed by atoms with Gasteiger partial charge in [-0.1, -0.05) is 43.0 Å². The minimum atomic E-state index is 1.05. The van der Waals surface area contributed by atoms with Gasteiger partial charge in [-0.3, -0.25) is 0 Å². The lowest BCUT2D eigenvalue weighted by molar-refractivity contribution is 1.45. The van der Waals surface area contributed by atoms with Gasteiger partial charge in [-0.2, -0.15) is 0 Å². The lowest BCUT2D eigenvalue weighted by Gasteiger charge is -2.01. The Hall–Kier alpha value is -2.28. The molecule has 0 aliphatic carbocycles. The normalized spacial score (nSPS) is 11.7. The molecular formula is C18H17N.